The van der Waals surface area contributed by atoms with Gasteiger partial charge in [0.15, 0.2) is 0 Å². The van der Waals surface area contributed by atoms with E-state index in [1.807, 2.05) is 30.1 Å². The summed E-state index contributed by atoms with van der Waals surface area (Å²) in [6.07, 6.45) is 4.54. The fraction of sp³-hybridized carbons (Fsp3) is 0.636. The van der Waals surface area contributed by atoms with Gasteiger partial charge in [0.25, 0.3) is 0 Å². The van der Waals surface area contributed by atoms with Crippen molar-refractivity contribution in [1.82, 2.24) is 4.90 Å². The minimum Gasteiger partial charge on any atom is -0.485 e. The number of fused-ring (bicyclic) bond motifs is 3. The largest absolute Gasteiger partial charge is 0.485 e. The first kappa shape index (κ1) is 18.3. The second kappa shape index (κ2) is 7.53. The van der Waals surface area contributed by atoms with Crippen LogP contribution in [-0.4, -0.2) is 49.4 Å². The number of carbonyl (C=O) groups is 2. The molecule has 5 heteroatoms. The third-order valence-electron chi connectivity index (χ3n) is 6.56. The number of hydrogen-bond acceptors (Lipinski definition) is 4. The number of hydrogen-bond donors (Lipinski definition) is 0. The van der Waals surface area contributed by atoms with Crippen LogP contribution in [0.5, 0.6) is 5.75 Å². The summed E-state index contributed by atoms with van der Waals surface area (Å²) in [6, 6.07) is 8.10. The lowest BCUT2D eigenvalue weighted by atomic mass is 9.67. The van der Waals surface area contributed by atoms with E-state index in [0.717, 1.165) is 56.6 Å². The maximum atomic E-state index is 13.1. The number of nitrogens with zero attached hydrogens (tertiary/aromatic N) is 2. The molecule has 1 unspecified atom stereocenters. The molecule has 0 N–H and O–H groups in total. The first-order valence-electron chi connectivity index (χ1n) is 10.4. The highest BCUT2D eigenvalue weighted by Gasteiger charge is 2.42. The molecule has 0 aromatic heterocycles. The Morgan fingerprint density at radius 1 is 1.22 bits per heavy atom. The van der Waals surface area contributed by atoms with Gasteiger partial charge in [0.2, 0.25) is 5.91 Å². The summed E-state index contributed by atoms with van der Waals surface area (Å²) in [5.74, 6) is 1.74. The van der Waals surface area contributed by atoms with Gasteiger partial charge in [-0.3, -0.25) is 9.59 Å². The molecular formula is C22H30N2O3. The predicted octanol–water partition coefficient (Wildman–Crippen LogP) is 3.13. The molecule has 1 aromatic carbocycles. The van der Waals surface area contributed by atoms with Crippen molar-refractivity contribution < 1.29 is 14.3 Å². The number of benzene rings is 1. The van der Waals surface area contributed by atoms with Crippen LogP contribution in [-0.2, 0) is 9.59 Å². The smallest absolute Gasteiger partial charge is 0.225 e. The van der Waals surface area contributed by atoms with Crippen molar-refractivity contribution in [3.8, 4) is 5.75 Å². The lowest BCUT2D eigenvalue weighted by Crippen LogP contribution is -2.49. The van der Waals surface area contributed by atoms with Crippen LogP contribution in [0.3, 0.4) is 0 Å². The first-order valence-corrected chi connectivity index (χ1v) is 10.4. The summed E-state index contributed by atoms with van der Waals surface area (Å²) >= 11 is 0. The van der Waals surface area contributed by atoms with E-state index in [9.17, 15) is 9.59 Å². The molecule has 146 valence electrons. The molecule has 1 aromatic rings. The zero-order chi connectivity index (χ0) is 19.0. The fourth-order valence-electron chi connectivity index (χ4n) is 5.16. The molecule has 4 rings (SSSR count). The fourth-order valence-corrected chi connectivity index (χ4v) is 5.16. The average Bonchev–Trinajstić information content (AvgIpc) is 2.66. The van der Waals surface area contributed by atoms with Crippen LogP contribution >= 0.6 is 0 Å². The molecule has 1 amide bonds. The number of rotatable bonds is 4. The van der Waals surface area contributed by atoms with Gasteiger partial charge in [0.05, 0.1) is 18.8 Å². The normalized spacial score (nSPS) is 29.7. The molecule has 0 radical (unpaired) electrons. The summed E-state index contributed by atoms with van der Waals surface area (Å²) < 4.78 is 6.17. The molecule has 0 saturated heterocycles. The highest BCUT2D eigenvalue weighted by molar-refractivity contribution is 5.88. The lowest BCUT2D eigenvalue weighted by molar-refractivity contribution is -0.143. The molecule has 2 bridgehead atoms. The number of amides is 1. The molecule has 2 fully saturated rings. The third kappa shape index (κ3) is 3.56. The van der Waals surface area contributed by atoms with E-state index < -0.39 is 0 Å². The summed E-state index contributed by atoms with van der Waals surface area (Å²) in [5, 5.41) is 0. The molecule has 0 spiro atoms. The van der Waals surface area contributed by atoms with Gasteiger partial charge in [-0.15, -0.1) is 0 Å². The predicted molar refractivity (Wildman–Crippen MR) is 105 cm³/mol. The second-order valence-corrected chi connectivity index (χ2v) is 8.36. The maximum absolute atomic E-state index is 13.1. The van der Waals surface area contributed by atoms with Gasteiger partial charge in [0, 0.05) is 31.3 Å². The van der Waals surface area contributed by atoms with E-state index in [2.05, 4.69) is 17.9 Å². The number of Topliss-reactive ketones (excluding diaryl/α,β-unsaturated/α-hetero) is 1. The first-order chi connectivity index (χ1) is 13.1. The van der Waals surface area contributed by atoms with E-state index in [1.54, 1.807) is 0 Å². The van der Waals surface area contributed by atoms with Crippen molar-refractivity contribution in [3.63, 3.8) is 0 Å². The number of para-hydroxylation sites is 2. The van der Waals surface area contributed by atoms with Crippen LogP contribution < -0.4 is 9.64 Å². The van der Waals surface area contributed by atoms with Crippen molar-refractivity contribution in [1.29, 1.82) is 0 Å². The minimum atomic E-state index is -0.0291. The quantitative estimate of drug-likeness (QED) is 0.817. The van der Waals surface area contributed by atoms with Crippen LogP contribution in [0.2, 0.25) is 0 Å². The summed E-state index contributed by atoms with van der Waals surface area (Å²) in [7, 11) is 1.88. The van der Waals surface area contributed by atoms with Gasteiger partial charge in [-0.05, 0) is 44.7 Å². The van der Waals surface area contributed by atoms with Gasteiger partial charge < -0.3 is 14.5 Å². The topological polar surface area (TPSA) is 49.9 Å². The summed E-state index contributed by atoms with van der Waals surface area (Å²) in [6.45, 7) is 4.44. The van der Waals surface area contributed by atoms with Crippen LogP contribution in [0.15, 0.2) is 24.3 Å². The molecule has 1 heterocycles. The summed E-state index contributed by atoms with van der Waals surface area (Å²) in [4.78, 5) is 29.5. The molecule has 2 aliphatic carbocycles. The highest BCUT2D eigenvalue weighted by Crippen LogP contribution is 2.40. The number of likely N-dealkylation sites (N-methyl/N-ethyl adjacent to an activating group) is 2. The third-order valence-corrected chi connectivity index (χ3v) is 6.56. The van der Waals surface area contributed by atoms with E-state index >= 15 is 0 Å². The Labute approximate surface area is 161 Å². The Kier molecular flexibility index (Phi) is 5.11. The van der Waals surface area contributed by atoms with Crippen LogP contribution in [0.1, 0.15) is 39.0 Å². The zero-order valence-electron chi connectivity index (χ0n) is 16.4. The van der Waals surface area contributed by atoms with Gasteiger partial charge in [0.1, 0.15) is 17.6 Å². The van der Waals surface area contributed by atoms with E-state index in [0.29, 0.717) is 12.3 Å². The molecule has 5 nitrogen and oxygen atoms in total. The molecule has 1 aliphatic heterocycles. The summed E-state index contributed by atoms with van der Waals surface area (Å²) in [5.41, 5.74) is 1.13. The Morgan fingerprint density at radius 3 is 2.63 bits per heavy atom. The van der Waals surface area contributed by atoms with Crippen molar-refractivity contribution in [2.45, 2.75) is 45.1 Å². The number of anilines is 1. The van der Waals surface area contributed by atoms with Gasteiger partial charge >= 0.3 is 0 Å². The van der Waals surface area contributed by atoms with Crippen LogP contribution in [0.25, 0.3) is 0 Å². The Hall–Kier alpha value is -2.04. The minimum absolute atomic E-state index is 0.00107. The SMILES string of the molecule is CCN1C[C@H](CN(C)C(=O)C2C[C@H]3CCC[C@@H](C2)C3=O)Oc2ccccc21. The van der Waals surface area contributed by atoms with Gasteiger partial charge in [-0.2, -0.15) is 0 Å². The maximum Gasteiger partial charge on any atom is 0.225 e. The number of ketones is 1. The standard InChI is InChI=1S/C22H30N2O3/c1-3-24-14-18(27-20-10-5-4-9-19(20)24)13-23(2)22(26)17-11-15-7-6-8-16(12-17)21(15)25/h4-5,9-10,15-18H,3,6-8,11-14H2,1-2H3/t15-,16+,17?,18-/m0/s1. The molecule has 3 aliphatic rings. The van der Waals surface area contributed by atoms with E-state index in [-0.39, 0.29) is 29.8 Å². The van der Waals surface area contributed by atoms with Crippen molar-refractivity contribution in [2.24, 2.45) is 17.8 Å². The van der Waals surface area contributed by atoms with Gasteiger partial charge in [-0.25, -0.2) is 0 Å². The van der Waals surface area contributed by atoms with Crippen molar-refractivity contribution >= 4 is 17.4 Å². The Balaban J connectivity index is 1.40. The van der Waals surface area contributed by atoms with E-state index in [1.165, 1.54) is 0 Å². The van der Waals surface area contributed by atoms with Crippen molar-refractivity contribution in [2.75, 3.05) is 31.6 Å². The lowest BCUT2D eigenvalue weighted by Gasteiger charge is -2.40. The monoisotopic (exact) mass is 370 g/mol. The zero-order valence-corrected chi connectivity index (χ0v) is 16.4. The molecule has 4 atom stereocenters. The van der Waals surface area contributed by atoms with Crippen molar-refractivity contribution in [3.05, 3.63) is 24.3 Å². The van der Waals surface area contributed by atoms with Crippen LogP contribution in [0, 0.1) is 17.8 Å². The molecule has 27 heavy (non-hydrogen) atoms. The molecular weight excluding hydrogens is 340 g/mol. The van der Waals surface area contributed by atoms with E-state index in [4.69, 9.17) is 4.74 Å². The Morgan fingerprint density at radius 2 is 1.93 bits per heavy atom. The Bertz CT molecular complexity index is 703. The van der Waals surface area contributed by atoms with Gasteiger partial charge in [-0.1, -0.05) is 18.6 Å². The second-order valence-electron chi connectivity index (χ2n) is 8.36. The number of carbonyl (C=O) groups excluding carboxylic acids is 2. The molecule has 2 saturated carbocycles. The van der Waals surface area contributed by atoms with Crippen LogP contribution in [0.4, 0.5) is 5.69 Å². The number of ether oxygens (including phenoxy) is 1. The average molecular weight is 370 g/mol. The highest BCUT2D eigenvalue weighted by atomic mass is 16.5.